The zero-order chi connectivity index (χ0) is 13.9. The fourth-order valence-electron chi connectivity index (χ4n) is 2.06. The molecule has 0 unspecified atom stereocenters. The summed E-state index contributed by atoms with van der Waals surface area (Å²) < 4.78 is 11.0. The summed E-state index contributed by atoms with van der Waals surface area (Å²) in [6, 6.07) is 14.3. The van der Waals surface area contributed by atoms with Gasteiger partial charge in [0.15, 0.2) is 11.5 Å². The van der Waals surface area contributed by atoms with E-state index in [-0.39, 0.29) is 5.75 Å². The van der Waals surface area contributed by atoms with E-state index in [1.54, 1.807) is 37.6 Å². The number of nitrogens with zero attached hydrogens (tertiary/aromatic N) is 1. The number of fused-ring (bicyclic) bond motifs is 1. The third kappa shape index (κ3) is 2.12. The summed E-state index contributed by atoms with van der Waals surface area (Å²) in [6.07, 6.45) is 1.65. The molecular formula is C16H13NO3. The average molecular weight is 267 g/mol. The van der Waals surface area contributed by atoms with Crippen LogP contribution < -0.4 is 9.47 Å². The maximum absolute atomic E-state index is 9.77. The minimum absolute atomic E-state index is 0.0780. The van der Waals surface area contributed by atoms with Crippen molar-refractivity contribution < 1.29 is 14.6 Å². The highest BCUT2D eigenvalue weighted by molar-refractivity contribution is 5.91. The summed E-state index contributed by atoms with van der Waals surface area (Å²) in [6.45, 7) is 0. The molecule has 0 aliphatic carbocycles. The zero-order valence-electron chi connectivity index (χ0n) is 10.9. The molecule has 20 heavy (non-hydrogen) atoms. The molecule has 0 fully saturated rings. The van der Waals surface area contributed by atoms with Gasteiger partial charge in [-0.3, -0.25) is 0 Å². The van der Waals surface area contributed by atoms with Crippen LogP contribution >= 0.6 is 0 Å². The third-order valence-electron chi connectivity index (χ3n) is 3.02. The Morgan fingerprint density at radius 3 is 2.50 bits per heavy atom. The van der Waals surface area contributed by atoms with Crippen LogP contribution in [0.3, 0.4) is 0 Å². The fourth-order valence-corrected chi connectivity index (χ4v) is 2.06. The molecule has 2 aromatic carbocycles. The van der Waals surface area contributed by atoms with E-state index in [1.807, 2.05) is 24.3 Å². The Balaban J connectivity index is 2.11. The van der Waals surface area contributed by atoms with Crippen molar-refractivity contribution in [2.75, 3.05) is 7.11 Å². The first kappa shape index (κ1) is 12.3. The van der Waals surface area contributed by atoms with Gasteiger partial charge in [-0.05, 0) is 30.3 Å². The molecule has 0 radical (unpaired) electrons. The predicted octanol–water partition coefficient (Wildman–Crippen LogP) is 3.74. The molecule has 1 heterocycles. The molecule has 0 saturated carbocycles. The van der Waals surface area contributed by atoms with Crippen LogP contribution in [0.2, 0.25) is 0 Å². The van der Waals surface area contributed by atoms with Crippen molar-refractivity contribution in [3.8, 4) is 23.1 Å². The molecule has 0 aliphatic rings. The number of benzene rings is 2. The van der Waals surface area contributed by atoms with Gasteiger partial charge in [-0.15, -0.1) is 0 Å². The number of pyridine rings is 1. The Hall–Kier alpha value is -2.75. The molecule has 3 rings (SSSR count). The molecule has 4 heteroatoms. The zero-order valence-corrected chi connectivity index (χ0v) is 10.9. The largest absolute Gasteiger partial charge is 0.504 e. The lowest BCUT2D eigenvalue weighted by Crippen LogP contribution is -1.91. The predicted molar refractivity (Wildman–Crippen MR) is 76.5 cm³/mol. The highest BCUT2D eigenvalue weighted by Crippen LogP contribution is 2.35. The van der Waals surface area contributed by atoms with Gasteiger partial charge in [0, 0.05) is 17.0 Å². The van der Waals surface area contributed by atoms with E-state index in [4.69, 9.17) is 9.47 Å². The molecule has 0 bridgehead atoms. The number of aromatic hydroxyl groups is 1. The number of para-hydroxylation sites is 2. The average Bonchev–Trinajstić information content (AvgIpc) is 2.49. The molecule has 3 aromatic rings. The van der Waals surface area contributed by atoms with Gasteiger partial charge in [0.05, 0.1) is 7.11 Å². The number of rotatable bonds is 3. The summed E-state index contributed by atoms with van der Waals surface area (Å²) >= 11 is 0. The van der Waals surface area contributed by atoms with Crippen molar-refractivity contribution in [1.82, 2.24) is 4.98 Å². The Morgan fingerprint density at radius 2 is 1.70 bits per heavy atom. The quantitative estimate of drug-likeness (QED) is 0.785. The lowest BCUT2D eigenvalue weighted by atomic mass is 10.1. The van der Waals surface area contributed by atoms with Crippen LogP contribution in [0.5, 0.6) is 23.1 Å². The van der Waals surface area contributed by atoms with Crippen molar-refractivity contribution in [1.29, 1.82) is 0 Å². The van der Waals surface area contributed by atoms with Gasteiger partial charge in [-0.25, -0.2) is 4.98 Å². The van der Waals surface area contributed by atoms with E-state index in [2.05, 4.69) is 4.98 Å². The standard InChI is InChI=1S/C16H13NO3/c1-19-14-8-4-5-12-11(14)9-10-17-16(12)20-15-7-3-2-6-13(15)18/h2-10,18H,1H3. The fraction of sp³-hybridized carbons (Fsp3) is 0.0625. The number of phenols is 1. The van der Waals surface area contributed by atoms with Gasteiger partial charge in [0.25, 0.3) is 0 Å². The second-order valence-electron chi connectivity index (χ2n) is 4.24. The molecule has 0 amide bonds. The summed E-state index contributed by atoms with van der Waals surface area (Å²) in [4.78, 5) is 4.23. The topological polar surface area (TPSA) is 51.6 Å². The maximum atomic E-state index is 9.77. The first-order valence-electron chi connectivity index (χ1n) is 6.17. The van der Waals surface area contributed by atoms with Crippen LogP contribution in [0.1, 0.15) is 0 Å². The molecule has 0 saturated heterocycles. The number of hydrogen-bond donors (Lipinski definition) is 1. The smallest absolute Gasteiger partial charge is 0.227 e. The highest BCUT2D eigenvalue weighted by Gasteiger charge is 2.10. The first-order valence-corrected chi connectivity index (χ1v) is 6.17. The molecular weight excluding hydrogens is 254 g/mol. The highest BCUT2D eigenvalue weighted by atomic mass is 16.5. The van der Waals surface area contributed by atoms with E-state index in [1.165, 1.54) is 0 Å². The van der Waals surface area contributed by atoms with E-state index in [9.17, 15) is 5.11 Å². The van der Waals surface area contributed by atoms with Gasteiger partial charge >= 0.3 is 0 Å². The monoisotopic (exact) mass is 267 g/mol. The third-order valence-corrected chi connectivity index (χ3v) is 3.02. The summed E-state index contributed by atoms with van der Waals surface area (Å²) in [5.74, 6) is 1.64. The molecule has 100 valence electrons. The molecule has 0 atom stereocenters. The number of hydrogen-bond acceptors (Lipinski definition) is 4. The Morgan fingerprint density at radius 1 is 0.900 bits per heavy atom. The van der Waals surface area contributed by atoms with Gasteiger partial charge in [0.2, 0.25) is 5.88 Å². The van der Waals surface area contributed by atoms with E-state index in [0.29, 0.717) is 11.6 Å². The maximum Gasteiger partial charge on any atom is 0.227 e. The lowest BCUT2D eigenvalue weighted by molar-refractivity contribution is 0.405. The van der Waals surface area contributed by atoms with Gasteiger partial charge in [-0.2, -0.15) is 0 Å². The second kappa shape index (κ2) is 5.09. The van der Waals surface area contributed by atoms with Crippen LogP contribution in [0.4, 0.5) is 0 Å². The van der Waals surface area contributed by atoms with Gasteiger partial charge in [-0.1, -0.05) is 18.2 Å². The van der Waals surface area contributed by atoms with Crippen LogP contribution in [0, 0.1) is 0 Å². The van der Waals surface area contributed by atoms with Crippen molar-refractivity contribution in [2.24, 2.45) is 0 Å². The Kier molecular flexibility index (Phi) is 3.13. The summed E-state index contributed by atoms with van der Waals surface area (Å²) in [7, 11) is 1.62. The van der Waals surface area contributed by atoms with Crippen LogP contribution in [0.15, 0.2) is 54.7 Å². The number of phenolic OH excluding ortho intramolecular Hbond substituents is 1. The second-order valence-corrected chi connectivity index (χ2v) is 4.24. The number of aromatic nitrogens is 1. The summed E-state index contributed by atoms with van der Waals surface area (Å²) in [5.41, 5.74) is 0. The Bertz CT molecular complexity index is 756. The summed E-state index contributed by atoms with van der Waals surface area (Å²) in [5, 5.41) is 11.5. The molecule has 4 nitrogen and oxygen atoms in total. The Labute approximate surface area is 116 Å². The molecule has 0 spiro atoms. The SMILES string of the molecule is COc1cccc2c(Oc3ccccc3O)nccc12. The molecule has 1 aromatic heterocycles. The van der Waals surface area contributed by atoms with Crippen LogP contribution in [-0.2, 0) is 0 Å². The minimum atomic E-state index is 0.0780. The van der Waals surface area contributed by atoms with E-state index in [0.717, 1.165) is 16.5 Å². The van der Waals surface area contributed by atoms with Crippen LogP contribution in [0.25, 0.3) is 10.8 Å². The van der Waals surface area contributed by atoms with Crippen LogP contribution in [-0.4, -0.2) is 17.2 Å². The molecule has 1 N–H and O–H groups in total. The minimum Gasteiger partial charge on any atom is -0.504 e. The normalized spacial score (nSPS) is 10.4. The molecule has 0 aliphatic heterocycles. The van der Waals surface area contributed by atoms with Crippen molar-refractivity contribution in [2.45, 2.75) is 0 Å². The number of methoxy groups -OCH3 is 1. The first-order chi connectivity index (χ1) is 9.79. The number of ether oxygens (including phenoxy) is 2. The van der Waals surface area contributed by atoms with Crippen molar-refractivity contribution >= 4 is 10.8 Å². The van der Waals surface area contributed by atoms with E-state index < -0.39 is 0 Å². The van der Waals surface area contributed by atoms with Gasteiger partial charge in [0.1, 0.15) is 5.75 Å². The lowest BCUT2D eigenvalue weighted by Gasteiger charge is -2.10. The van der Waals surface area contributed by atoms with Gasteiger partial charge < -0.3 is 14.6 Å². The van der Waals surface area contributed by atoms with E-state index >= 15 is 0 Å². The van der Waals surface area contributed by atoms with Crippen molar-refractivity contribution in [3.63, 3.8) is 0 Å². The van der Waals surface area contributed by atoms with Crippen molar-refractivity contribution in [3.05, 3.63) is 54.7 Å².